The molecule has 0 fully saturated rings. The Morgan fingerprint density at radius 1 is 1.40 bits per heavy atom. The van der Waals surface area contributed by atoms with Crippen molar-refractivity contribution in [2.24, 2.45) is 0 Å². The van der Waals surface area contributed by atoms with Crippen molar-refractivity contribution in [3.05, 3.63) is 0 Å². The van der Waals surface area contributed by atoms with E-state index in [2.05, 4.69) is 19.2 Å². The van der Waals surface area contributed by atoms with Crippen LogP contribution in [0.4, 0.5) is 0 Å². The average Bonchev–Trinajstić information content (AvgIpc) is 1.87. The molecule has 0 bridgehead atoms. The maximum absolute atomic E-state index is 8.80. The van der Waals surface area contributed by atoms with Crippen LogP contribution in [0.25, 0.3) is 0 Å². The Kier molecular flexibility index (Phi) is 9.08. The molecule has 0 amide bonds. The van der Waals surface area contributed by atoms with Crippen LogP contribution in [0.5, 0.6) is 0 Å². The molecule has 62 valence electrons. The van der Waals surface area contributed by atoms with Crippen LogP contribution in [-0.2, 0) is 0 Å². The van der Waals surface area contributed by atoms with Crippen molar-refractivity contribution in [3.8, 4) is 0 Å². The third kappa shape index (κ3) is 9.09. The summed E-state index contributed by atoms with van der Waals surface area (Å²) in [6, 6.07) is 0. The van der Waals surface area contributed by atoms with Crippen LogP contribution in [0, 0.1) is 0 Å². The van der Waals surface area contributed by atoms with Crippen molar-refractivity contribution >= 4 is 30.2 Å². The number of rotatable bonds is 6. The lowest BCUT2D eigenvalue weighted by molar-refractivity contribution is 0.656. The van der Waals surface area contributed by atoms with Crippen molar-refractivity contribution in [1.82, 2.24) is 0 Å². The van der Waals surface area contributed by atoms with Gasteiger partial charge in [-0.1, -0.05) is 37.6 Å². The largest absolute Gasteiger partial charge is 0.355 e. The van der Waals surface area contributed by atoms with E-state index < -0.39 is 6.55 Å². The minimum atomic E-state index is -1.01. The molecule has 1 atom stereocenters. The molecule has 0 heterocycles. The predicted molar refractivity (Wildman–Crippen MR) is 54.7 cm³/mol. The van der Waals surface area contributed by atoms with E-state index in [4.69, 9.17) is 4.89 Å². The van der Waals surface area contributed by atoms with Gasteiger partial charge in [-0.05, 0) is 6.42 Å². The highest BCUT2D eigenvalue weighted by atomic mass is 33.1. The Hall–Kier alpha value is 1.09. The predicted octanol–water partition coefficient (Wildman–Crippen LogP) is 3.45. The molecule has 10 heavy (non-hydrogen) atoms. The second-order valence-electron chi connectivity index (χ2n) is 2.15. The summed E-state index contributed by atoms with van der Waals surface area (Å²) in [6.45, 7) is 1.19. The molecule has 0 rings (SSSR count). The molecule has 1 unspecified atom stereocenters. The van der Waals surface area contributed by atoms with Gasteiger partial charge in [0.1, 0.15) is 6.55 Å². The third-order valence-electron chi connectivity index (χ3n) is 1.20. The number of hydrogen-bond acceptors (Lipinski definition) is 3. The lowest BCUT2D eigenvalue weighted by Gasteiger charge is -2.00. The van der Waals surface area contributed by atoms with Gasteiger partial charge in [0, 0.05) is 5.75 Å². The summed E-state index contributed by atoms with van der Waals surface area (Å²) < 4.78 is 0. The van der Waals surface area contributed by atoms with Gasteiger partial charge >= 0.3 is 0 Å². The van der Waals surface area contributed by atoms with Crippen molar-refractivity contribution in [1.29, 1.82) is 0 Å². The fourth-order valence-electron chi connectivity index (χ4n) is 0.675. The normalized spacial score (nSPS) is 13.5. The molecular formula is C6H15OPS2. The molecule has 0 aliphatic carbocycles. The molecule has 4 heteroatoms. The first-order valence-electron chi connectivity index (χ1n) is 3.58. The molecule has 0 saturated carbocycles. The Morgan fingerprint density at radius 3 is 2.60 bits per heavy atom. The number of unbranched alkanes of at least 4 members (excludes halogenated alkanes) is 3. The third-order valence-corrected chi connectivity index (χ3v) is 4.19. The molecule has 0 spiro atoms. The lowest BCUT2D eigenvalue weighted by atomic mass is 10.2. The second-order valence-corrected chi connectivity index (χ2v) is 7.08. The summed E-state index contributed by atoms with van der Waals surface area (Å²) >= 11 is 5.47. The second kappa shape index (κ2) is 8.19. The minimum absolute atomic E-state index is 1.01. The van der Waals surface area contributed by atoms with Gasteiger partial charge in [-0.2, -0.15) is 0 Å². The monoisotopic (exact) mass is 198 g/mol. The zero-order valence-corrected chi connectivity index (χ0v) is 8.89. The van der Waals surface area contributed by atoms with Gasteiger partial charge in [0.2, 0.25) is 0 Å². The molecule has 0 aromatic heterocycles. The molecule has 0 aromatic rings. The van der Waals surface area contributed by atoms with Crippen LogP contribution >= 0.6 is 30.2 Å². The Balaban J connectivity index is 2.77. The topological polar surface area (TPSA) is 20.2 Å². The zero-order chi connectivity index (χ0) is 7.82. The van der Waals surface area contributed by atoms with E-state index >= 15 is 0 Å². The maximum atomic E-state index is 8.80. The fraction of sp³-hybridized carbons (Fsp3) is 1.00. The summed E-state index contributed by atoms with van der Waals surface area (Å²) in [4.78, 5) is 8.80. The molecule has 0 aliphatic heterocycles. The highest BCUT2D eigenvalue weighted by molar-refractivity contribution is 8.81. The Bertz CT molecular complexity index is 70.8. The van der Waals surface area contributed by atoms with Crippen LogP contribution in [0.2, 0.25) is 0 Å². The molecule has 1 N–H and O–H groups in total. The van der Waals surface area contributed by atoms with E-state index in [1.807, 2.05) is 0 Å². The quantitative estimate of drug-likeness (QED) is 0.387. The van der Waals surface area contributed by atoms with E-state index in [1.165, 1.54) is 25.7 Å². The molecule has 0 aliphatic rings. The van der Waals surface area contributed by atoms with E-state index in [0.29, 0.717) is 0 Å². The summed E-state index contributed by atoms with van der Waals surface area (Å²) in [6.07, 6.45) is 5.11. The molecule has 0 saturated heterocycles. The number of thiol groups is 1. The molecule has 1 nitrogen and oxygen atoms in total. The van der Waals surface area contributed by atoms with Crippen LogP contribution < -0.4 is 0 Å². The van der Waals surface area contributed by atoms with E-state index in [1.54, 1.807) is 11.4 Å². The van der Waals surface area contributed by atoms with Crippen molar-refractivity contribution in [2.45, 2.75) is 32.6 Å². The van der Waals surface area contributed by atoms with Gasteiger partial charge < -0.3 is 4.89 Å². The maximum Gasteiger partial charge on any atom is 0.145 e. The lowest BCUT2D eigenvalue weighted by Crippen LogP contribution is -1.77. The van der Waals surface area contributed by atoms with Crippen molar-refractivity contribution in [3.63, 3.8) is 0 Å². The summed E-state index contributed by atoms with van der Waals surface area (Å²) in [5.74, 6) is 1.06. The smallest absolute Gasteiger partial charge is 0.145 e. The Morgan fingerprint density at radius 2 is 2.10 bits per heavy atom. The number of hydrogen-bond donors (Lipinski definition) is 2. The van der Waals surface area contributed by atoms with Gasteiger partial charge in [0.25, 0.3) is 0 Å². The average molecular weight is 198 g/mol. The standard InChI is InChI=1S/C6H15OPS2/c1-2-3-4-5-6-10-8(7)9/h7,9H,2-6H2,1H3. The highest BCUT2D eigenvalue weighted by Crippen LogP contribution is 2.49. The van der Waals surface area contributed by atoms with Crippen LogP contribution in [-0.4, -0.2) is 10.6 Å². The highest BCUT2D eigenvalue weighted by Gasteiger charge is 1.95. The van der Waals surface area contributed by atoms with Crippen LogP contribution in [0.1, 0.15) is 32.6 Å². The molecule has 0 radical (unpaired) electrons. The summed E-state index contributed by atoms with van der Waals surface area (Å²) in [5.41, 5.74) is 0. The first-order chi connectivity index (χ1) is 4.77. The molecule has 0 aromatic carbocycles. The summed E-state index contributed by atoms with van der Waals surface area (Å²) in [7, 11) is 0. The van der Waals surface area contributed by atoms with Crippen molar-refractivity contribution < 1.29 is 4.89 Å². The van der Waals surface area contributed by atoms with Gasteiger partial charge in [0.05, 0.1) is 0 Å². The SMILES string of the molecule is CCCCCCSP(O)S. The van der Waals surface area contributed by atoms with Gasteiger partial charge in [-0.25, -0.2) is 0 Å². The van der Waals surface area contributed by atoms with Crippen LogP contribution in [0.3, 0.4) is 0 Å². The van der Waals surface area contributed by atoms with Gasteiger partial charge in [-0.3, -0.25) is 0 Å². The van der Waals surface area contributed by atoms with E-state index in [9.17, 15) is 0 Å². The first-order valence-corrected chi connectivity index (χ1v) is 7.62. The van der Waals surface area contributed by atoms with Gasteiger partial charge in [-0.15, -0.1) is 12.2 Å². The van der Waals surface area contributed by atoms with Gasteiger partial charge in [0.15, 0.2) is 0 Å². The Labute approximate surface area is 73.7 Å². The minimum Gasteiger partial charge on any atom is -0.355 e. The summed E-state index contributed by atoms with van der Waals surface area (Å²) in [5, 5.41) is 0. The fourth-order valence-corrected chi connectivity index (χ4v) is 2.78. The van der Waals surface area contributed by atoms with E-state index in [-0.39, 0.29) is 0 Å². The van der Waals surface area contributed by atoms with Crippen LogP contribution in [0.15, 0.2) is 0 Å². The first kappa shape index (κ1) is 11.1. The molecular weight excluding hydrogens is 183 g/mol. The van der Waals surface area contributed by atoms with Crippen molar-refractivity contribution in [2.75, 3.05) is 5.75 Å². The van der Waals surface area contributed by atoms with E-state index in [0.717, 1.165) is 5.75 Å². The zero-order valence-electron chi connectivity index (χ0n) is 6.29.